The number of nitrogens with zero attached hydrogens (tertiary/aromatic N) is 5. The van der Waals surface area contributed by atoms with Crippen LogP contribution in [0.4, 0.5) is 0 Å². The third-order valence-corrected chi connectivity index (χ3v) is 3.17. The van der Waals surface area contributed by atoms with Gasteiger partial charge in [-0.2, -0.15) is 10.2 Å². The van der Waals surface area contributed by atoms with Crippen LogP contribution in [0, 0.1) is 0 Å². The average Bonchev–Trinajstić information content (AvgIpc) is 2.94. The zero-order valence-corrected chi connectivity index (χ0v) is 13.0. The van der Waals surface area contributed by atoms with Crippen molar-refractivity contribution in [2.75, 3.05) is 0 Å². The van der Waals surface area contributed by atoms with Gasteiger partial charge in [0.1, 0.15) is 12.2 Å². The first kappa shape index (κ1) is 14.7. The predicted molar refractivity (Wildman–Crippen MR) is 78.3 cm³/mol. The number of aryl methyl sites for hydroxylation is 2. The maximum absolute atomic E-state index is 4.46. The number of aromatic nitrogens is 5. The molecule has 2 aromatic rings. The van der Waals surface area contributed by atoms with Crippen molar-refractivity contribution in [3.8, 4) is 0 Å². The maximum Gasteiger partial charge on any atom is 0.141 e. The first-order chi connectivity index (χ1) is 9.39. The van der Waals surface area contributed by atoms with E-state index >= 15 is 0 Å². The zero-order chi connectivity index (χ0) is 14.8. The van der Waals surface area contributed by atoms with Gasteiger partial charge in [-0.3, -0.25) is 4.68 Å². The molecule has 0 aliphatic heterocycles. The summed E-state index contributed by atoms with van der Waals surface area (Å²) in [6, 6.07) is 2.13. The van der Waals surface area contributed by atoms with Crippen LogP contribution in [0.5, 0.6) is 0 Å². The molecule has 0 saturated heterocycles. The van der Waals surface area contributed by atoms with E-state index < -0.39 is 0 Å². The molecule has 1 N–H and O–H groups in total. The van der Waals surface area contributed by atoms with Crippen molar-refractivity contribution >= 4 is 0 Å². The fourth-order valence-electron chi connectivity index (χ4n) is 1.95. The molecule has 0 unspecified atom stereocenters. The summed E-state index contributed by atoms with van der Waals surface area (Å²) < 4.78 is 3.84. The molecule has 0 aromatic carbocycles. The van der Waals surface area contributed by atoms with E-state index in [1.165, 1.54) is 0 Å². The summed E-state index contributed by atoms with van der Waals surface area (Å²) >= 11 is 0. The highest BCUT2D eigenvalue weighted by Crippen LogP contribution is 2.08. The van der Waals surface area contributed by atoms with Crippen molar-refractivity contribution in [1.29, 1.82) is 0 Å². The third-order valence-electron chi connectivity index (χ3n) is 3.17. The second-order valence-electron chi connectivity index (χ2n) is 6.04. The highest BCUT2D eigenvalue weighted by atomic mass is 15.4. The van der Waals surface area contributed by atoms with E-state index in [1.54, 1.807) is 6.33 Å². The first-order valence-electron chi connectivity index (χ1n) is 7.02. The lowest BCUT2D eigenvalue weighted by Crippen LogP contribution is -2.36. The molecule has 0 aliphatic carbocycles. The van der Waals surface area contributed by atoms with Crippen molar-refractivity contribution in [2.45, 2.75) is 52.7 Å². The SMILES string of the molecule is CCc1cc(Cn2ncnc2CNC(C)(C)C)n(C)n1. The van der Waals surface area contributed by atoms with Crippen LogP contribution < -0.4 is 5.32 Å². The van der Waals surface area contributed by atoms with Crippen molar-refractivity contribution < 1.29 is 0 Å². The van der Waals surface area contributed by atoms with Crippen LogP contribution in [-0.4, -0.2) is 30.1 Å². The second-order valence-corrected chi connectivity index (χ2v) is 6.04. The van der Waals surface area contributed by atoms with E-state index in [4.69, 9.17) is 0 Å². The minimum absolute atomic E-state index is 0.0681. The van der Waals surface area contributed by atoms with Gasteiger partial charge in [0, 0.05) is 12.6 Å². The lowest BCUT2D eigenvalue weighted by Gasteiger charge is -2.20. The molecular weight excluding hydrogens is 252 g/mol. The van der Waals surface area contributed by atoms with Crippen LogP contribution >= 0.6 is 0 Å². The largest absolute Gasteiger partial charge is 0.305 e. The van der Waals surface area contributed by atoms with Gasteiger partial charge in [0.2, 0.25) is 0 Å². The molecule has 2 rings (SSSR count). The average molecular weight is 276 g/mol. The Labute approximate surface area is 120 Å². The van der Waals surface area contributed by atoms with Crippen molar-refractivity contribution in [3.05, 3.63) is 29.6 Å². The van der Waals surface area contributed by atoms with Gasteiger partial charge in [0.15, 0.2) is 0 Å². The van der Waals surface area contributed by atoms with E-state index in [1.807, 2.05) is 16.4 Å². The van der Waals surface area contributed by atoms with E-state index in [0.29, 0.717) is 13.1 Å². The van der Waals surface area contributed by atoms with Crippen molar-refractivity contribution in [2.24, 2.45) is 7.05 Å². The van der Waals surface area contributed by atoms with Gasteiger partial charge >= 0.3 is 0 Å². The van der Waals surface area contributed by atoms with E-state index in [2.05, 4.69) is 54.3 Å². The van der Waals surface area contributed by atoms with Gasteiger partial charge < -0.3 is 5.32 Å². The number of rotatable bonds is 5. The van der Waals surface area contributed by atoms with Gasteiger partial charge in [0.25, 0.3) is 0 Å². The Kier molecular flexibility index (Phi) is 4.23. The van der Waals surface area contributed by atoms with Crippen LogP contribution in [0.3, 0.4) is 0 Å². The molecule has 6 nitrogen and oxygen atoms in total. The molecule has 0 bridgehead atoms. The Balaban J connectivity index is 2.10. The third kappa shape index (κ3) is 3.66. The molecule has 0 atom stereocenters. The highest BCUT2D eigenvalue weighted by Gasteiger charge is 2.13. The zero-order valence-electron chi connectivity index (χ0n) is 13.0. The minimum Gasteiger partial charge on any atom is -0.305 e. The molecule has 2 aromatic heterocycles. The normalized spacial score (nSPS) is 12.1. The Morgan fingerprint density at radius 2 is 2.05 bits per heavy atom. The summed E-state index contributed by atoms with van der Waals surface area (Å²) in [4.78, 5) is 4.33. The lowest BCUT2D eigenvalue weighted by molar-refractivity contribution is 0.409. The molecule has 6 heteroatoms. The molecule has 20 heavy (non-hydrogen) atoms. The van der Waals surface area contributed by atoms with Crippen molar-refractivity contribution in [3.63, 3.8) is 0 Å². The molecule has 0 spiro atoms. The second kappa shape index (κ2) is 5.75. The van der Waals surface area contributed by atoms with Gasteiger partial charge in [-0.05, 0) is 33.3 Å². The van der Waals surface area contributed by atoms with E-state index in [-0.39, 0.29) is 5.54 Å². The topological polar surface area (TPSA) is 60.6 Å². The van der Waals surface area contributed by atoms with Crippen LogP contribution in [-0.2, 0) is 26.6 Å². The van der Waals surface area contributed by atoms with Crippen LogP contribution in [0.2, 0.25) is 0 Å². The molecule has 0 saturated carbocycles. The Hall–Kier alpha value is -1.69. The molecular formula is C14H24N6. The fourth-order valence-corrected chi connectivity index (χ4v) is 1.95. The predicted octanol–water partition coefficient (Wildman–Crippen LogP) is 1.51. The summed E-state index contributed by atoms with van der Waals surface area (Å²) in [7, 11) is 1.97. The first-order valence-corrected chi connectivity index (χ1v) is 7.02. The van der Waals surface area contributed by atoms with Gasteiger partial charge in [-0.1, -0.05) is 6.92 Å². The summed E-state index contributed by atoms with van der Waals surface area (Å²) in [5.41, 5.74) is 2.32. The Bertz CT molecular complexity index is 560. The molecule has 2 heterocycles. The van der Waals surface area contributed by atoms with Gasteiger partial charge in [-0.15, -0.1) is 0 Å². The standard InChI is InChI=1S/C14H24N6/c1-6-11-7-12(19(5)18-11)9-20-13(15-10-17-20)8-16-14(2,3)4/h7,10,16H,6,8-9H2,1-5H3. The highest BCUT2D eigenvalue weighted by molar-refractivity contribution is 5.10. The molecule has 0 amide bonds. The van der Waals surface area contributed by atoms with Gasteiger partial charge in [-0.25, -0.2) is 9.67 Å². The summed E-state index contributed by atoms with van der Waals surface area (Å²) in [5.74, 6) is 0.944. The van der Waals surface area contributed by atoms with E-state index in [0.717, 1.165) is 23.6 Å². The van der Waals surface area contributed by atoms with Crippen LogP contribution in [0.25, 0.3) is 0 Å². The summed E-state index contributed by atoms with van der Waals surface area (Å²) in [5, 5.41) is 12.2. The lowest BCUT2D eigenvalue weighted by atomic mass is 10.1. The molecule has 0 aliphatic rings. The Morgan fingerprint density at radius 3 is 2.65 bits per heavy atom. The summed E-state index contributed by atoms with van der Waals surface area (Å²) in [6.07, 6.45) is 2.56. The van der Waals surface area contributed by atoms with E-state index in [9.17, 15) is 0 Å². The number of nitrogens with one attached hydrogen (secondary N) is 1. The number of hydrogen-bond donors (Lipinski definition) is 1. The summed E-state index contributed by atoms with van der Waals surface area (Å²) in [6.45, 7) is 9.94. The van der Waals surface area contributed by atoms with Crippen molar-refractivity contribution in [1.82, 2.24) is 29.9 Å². The maximum atomic E-state index is 4.46. The molecule has 0 fully saturated rings. The number of hydrogen-bond acceptors (Lipinski definition) is 4. The van der Waals surface area contributed by atoms with Gasteiger partial charge in [0.05, 0.1) is 24.5 Å². The minimum atomic E-state index is 0.0681. The Morgan fingerprint density at radius 1 is 1.30 bits per heavy atom. The van der Waals surface area contributed by atoms with Crippen LogP contribution in [0.15, 0.2) is 12.4 Å². The fraction of sp³-hybridized carbons (Fsp3) is 0.643. The molecule has 110 valence electrons. The molecule has 0 radical (unpaired) electrons. The monoisotopic (exact) mass is 276 g/mol. The van der Waals surface area contributed by atoms with Crippen LogP contribution in [0.1, 0.15) is 44.9 Å². The quantitative estimate of drug-likeness (QED) is 0.899. The smallest absolute Gasteiger partial charge is 0.141 e.